The number of fused-ring (bicyclic) bond motifs is 1. The van der Waals surface area contributed by atoms with E-state index in [1.54, 1.807) is 0 Å². The molecule has 0 aliphatic heterocycles. The van der Waals surface area contributed by atoms with Crippen LogP contribution in [0.25, 0.3) is 0 Å². The highest BCUT2D eigenvalue weighted by atomic mass is 16.3. The third kappa shape index (κ3) is 3.01. The first-order valence-corrected chi connectivity index (χ1v) is 7.40. The van der Waals surface area contributed by atoms with Crippen LogP contribution in [0.3, 0.4) is 0 Å². The van der Waals surface area contributed by atoms with Crippen molar-refractivity contribution in [3.63, 3.8) is 0 Å². The Bertz CT molecular complexity index is 427. The number of aryl methyl sites for hydroxylation is 1. The van der Waals surface area contributed by atoms with Gasteiger partial charge in [0.25, 0.3) is 0 Å². The molecule has 19 heavy (non-hydrogen) atoms. The minimum absolute atomic E-state index is 0.239. The maximum absolute atomic E-state index is 9.32. The summed E-state index contributed by atoms with van der Waals surface area (Å²) < 4.78 is 0. The zero-order valence-corrected chi connectivity index (χ0v) is 12.6. The quantitative estimate of drug-likeness (QED) is 0.871. The topological polar surface area (TPSA) is 32.3 Å². The molecule has 1 aliphatic rings. The molecule has 1 aromatic carbocycles. The summed E-state index contributed by atoms with van der Waals surface area (Å²) in [5, 5.41) is 13.1. The van der Waals surface area contributed by atoms with Crippen LogP contribution in [0.4, 0.5) is 0 Å². The predicted octanol–water partition coefficient (Wildman–Crippen LogP) is 3.31. The molecule has 2 heteroatoms. The van der Waals surface area contributed by atoms with Gasteiger partial charge >= 0.3 is 0 Å². The van der Waals surface area contributed by atoms with Crippen molar-refractivity contribution in [3.05, 3.63) is 35.4 Å². The Balaban J connectivity index is 2.25. The van der Waals surface area contributed by atoms with Gasteiger partial charge in [-0.2, -0.15) is 0 Å². The molecule has 0 aromatic heterocycles. The molecule has 3 atom stereocenters. The molecule has 0 bridgehead atoms. The highest BCUT2D eigenvalue weighted by Gasteiger charge is 2.36. The molecule has 0 radical (unpaired) electrons. The summed E-state index contributed by atoms with van der Waals surface area (Å²) in [6.07, 6.45) is 2.38. The summed E-state index contributed by atoms with van der Waals surface area (Å²) in [6.45, 7) is 9.20. The summed E-state index contributed by atoms with van der Waals surface area (Å²) in [5.74, 6) is 0.282. The summed E-state index contributed by atoms with van der Waals surface area (Å²) in [4.78, 5) is 0. The van der Waals surface area contributed by atoms with Crippen LogP contribution in [-0.2, 0) is 6.42 Å². The summed E-state index contributed by atoms with van der Waals surface area (Å²) in [6, 6.07) is 9.47. The second-order valence-electron chi connectivity index (χ2n) is 6.74. The lowest BCUT2D eigenvalue weighted by Gasteiger charge is -2.42. The number of benzene rings is 1. The number of aliphatic hydroxyl groups excluding tert-OH is 1. The largest absolute Gasteiger partial charge is 0.396 e. The lowest BCUT2D eigenvalue weighted by atomic mass is 9.70. The Hall–Kier alpha value is -0.860. The van der Waals surface area contributed by atoms with Gasteiger partial charge in [-0.25, -0.2) is 0 Å². The van der Waals surface area contributed by atoms with Crippen LogP contribution in [0.5, 0.6) is 0 Å². The number of hydrogen-bond acceptors (Lipinski definition) is 2. The van der Waals surface area contributed by atoms with Gasteiger partial charge < -0.3 is 10.4 Å². The van der Waals surface area contributed by atoms with Crippen molar-refractivity contribution in [2.24, 2.45) is 11.3 Å². The fraction of sp³-hybridized carbons (Fsp3) is 0.647. The van der Waals surface area contributed by atoms with Crippen molar-refractivity contribution in [2.75, 3.05) is 6.61 Å². The van der Waals surface area contributed by atoms with Gasteiger partial charge in [-0.1, -0.05) is 45.0 Å². The van der Waals surface area contributed by atoms with Crippen molar-refractivity contribution in [1.82, 2.24) is 5.32 Å². The predicted molar refractivity (Wildman–Crippen MR) is 80.1 cm³/mol. The molecule has 0 saturated carbocycles. The van der Waals surface area contributed by atoms with Gasteiger partial charge in [-0.05, 0) is 42.2 Å². The van der Waals surface area contributed by atoms with Crippen LogP contribution in [0.15, 0.2) is 24.3 Å². The molecule has 0 amide bonds. The van der Waals surface area contributed by atoms with E-state index in [9.17, 15) is 5.11 Å². The molecule has 2 N–H and O–H groups in total. The first kappa shape index (κ1) is 14.5. The van der Waals surface area contributed by atoms with Crippen LogP contribution in [0.2, 0.25) is 0 Å². The van der Waals surface area contributed by atoms with Crippen molar-refractivity contribution in [2.45, 2.75) is 52.6 Å². The second-order valence-corrected chi connectivity index (χ2v) is 6.74. The molecule has 1 aromatic rings. The molecule has 0 spiro atoms. The minimum Gasteiger partial charge on any atom is -0.396 e. The van der Waals surface area contributed by atoms with Crippen molar-refractivity contribution >= 4 is 0 Å². The first-order valence-electron chi connectivity index (χ1n) is 7.40. The lowest BCUT2D eigenvalue weighted by molar-refractivity contribution is 0.154. The maximum Gasteiger partial charge on any atom is 0.0471 e. The Labute approximate surface area is 117 Å². The van der Waals surface area contributed by atoms with Gasteiger partial charge in [0.05, 0.1) is 0 Å². The van der Waals surface area contributed by atoms with Crippen LogP contribution in [0.1, 0.15) is 51.3 Å². The molecule has 0 saturated heterocycles. The van der Waals surface area contributed by atoms with E-state index in [2.05, 4.69) is 57.3 Å². The van der Waals surface area contributed by atoms with Gasteiger partial charge in [0.15, 0.2) is 0 Å². The minimum atomic E-state index is 0.239. The van der Waals surface area contributed by atoms with Gasteiger partial charge in [0.2, 0.25) is 0 Å². The summed E-state index contributed by atoms with van der Waals surface area (Å²) in [5.41, 5.74) is 3.18. The first-order chi connectivity index (χ1) is 8.95. The van der Waals surface area contributed by atoms with Gasteiger partial charge in [-0.15, -0.1) is 0 Å². The van der Waals surface area contributed by atoms with Crippen LogP contribution in [0, 0.1) is 11.3 Å². The van der Waals surface area contributed by atoms with E-state index in [-0.39, 0.29) is 17.9 Å². The molecule has 0 heterocycles. The van der Waals surface area contributed by atoms with E-state index in [1.165, 1.54) is 24.0 Å². The van der Waals surface area contributed by atoms with E-state index in [0.29, 0.717) is 12.1 Å². The smallest absolute Gasteiger partial charge is 0.0471 e. The molecular weight excluding hydrogens is 234 g/mol. The monoisotopic (exact) mass is 261 g/mol. The molecule has 3 unspecified atom stereocenters. The van der Waals surface area contributed by atoms with Crippen LogP contribution >= 0.6 is 0 Å². The van der Waals surface area contributed by atoms with E-state index >= 15 is 0 Å². The lowest BCUT2D eigenvalue weighted by Crippen LogP contribution is -2.44. The van der Waals surface area contributed by atoms with Crippen molar-refractivity contribution in [3.8, 4) is 0 Å². The number of aliphatic hydroxyl groups is 1. The standard InChI is InChI=1S/C17H27NO/c1-12(11-19)13(2)18-16-15-8-6-5-7-14(15)9-10-17(16,3)4/h5-8,12-13,16,18-19H,9-11H2,1-4H3. The Morgan fingerprint density at radius 3 is 2.68 bits per heavy atom. The summed E-state index contributed by atoms with van der Waals surface area (Å²) >= 11 is 0. The van der Waals surface area contributed by atoms with Gasteiger partial charge in [0.1, 0.15) is 0 Å². The fourth-order valence-electron chi connectivity index (χ4n) is 2.97. The molecular formula is C17H27NO. The third-order valence-electron chi connectivity index (χ3n) is 4.76. The van der Waals surface area contributed by atoms with Crippen LogP contribution < -0.4 is 5.32 Å². The zero-order chi connectivity index (χ0) is 14.0. The number of nitrogens with one attached hydrogen (secondary N) is 1. The van der Waals surface area contributed by atoms with E-state index in [0.717, 1.165) is 0 Å². The van der Waals surface area contributed by atoms with Gasteiger partial charge in [0, 0.05) is 18.7 Å². The fourth-order valence-corrected chi connectivity index (χ4v) is 2.97. The Kier molecular flexibility index (Phi) is 4.32. The SMILES string of the molecule is CC(CO)C(C)NC1c2ccccc2CCC1(C)C. The van der Waals surface area contributed by atoms with Gasteiger partial charge in [-0.3, -0.25) is 0 Å². The summed E-state index contributed by atoms with van der Waals surface area (Å²) in [7, 11) is 0. The van der Waals surface area contributed by atoms with Crippen LogP contribution in [-0.4, -0.2) is 17.8 Å². The molecule has 2 nitrogen and oxygen atoms in total. The average molecular weight is 261 g/mol. The van der Waals surface area contributed by atoms with E-state index < -0.39 is 0 Å². The number of hydrogen-bond donors (Lipinski definition) is 2. The Morgan fingerprint density at radius 1 is 1.32 bits per heavy atom. The highest BCUT2D eigenvalue weighted by Crippen LogP contribution is 2.43. The number of rotatable bonds is 4. The third-order valence-corrected chi connectivity index (χ3v) is 4.76. The second kappa shape index (κ2) is 5.64. The molecule has 106 valence electrons. The normalized spacial score (nSPS) is 24.6. The van der Waals surface area contributed by atoms with E-state index in [1.807, 2.05) is 0 Å². The molecule has 0 fully saturated rings. The van der Waals surface area contributed by atoms with E-state index in [4.69, 9.17) is 0 Å². The highest BCUT2D eigenvalue weighted by molar-refractivity contribution is 5.34. The Morgan fingerprint density at radius 2 is 2.00 bits per heavy atom. The zero-order valence-electron chi connectivity index (χ0n) is 12.6. The van der Waals surface area contributed by atoms with Crippen molar-refractivity contribution in [1.29, 1.82) is 0 Å². The molecule has 2 rings (SSSR count). The maximum atomic E-state index is 9.32. The average Bonchev–Trinajstić information content (AvgIpc) is 2.41. The molecule has 1 aliphatic carbocycles. The van der Waals surface area contributed by atoms with Crippen molar-refractivity contribution < 1.29 is 5.11 Å².